The summed E-state index contributed by atoms with van der Waals surface area (Å²) in [6.07, 6.45) is -3.13. The molecule has 0 aliphatic carbocycles. The predicted molar refractivity (Wildman–Crippen MR) is 115 cm³/mol. The number of hydrogen-bond acceptors (Lipinski definition) is 5. The number of benzene rings is 2. The third kappa shape index (κ3) is 4.56. The van der Waals surface area contributed by atoms with Gasteiger partial charge in [-0.1, -0.05) is 12.1 Å². The van der Waals surface area contributed by atoms with E-state index in [0.717, 1.165) is 12.1 Å². The minimum atomic E-state index is -4.50. The number of H-pyrrole nitrogens is 1. The number of imidazole rings is 1. The first-order chi connectivity index (χ1) is 16.2. The van der Waals surface area contributed by atoms with Gasteiger partial charge in [-0.3, -0.25) is 14.7 Å². The summed E-state index contributed by atoms with van der Waals surface area (Å²) in [5.74, 6) is -1.37. The number of halogens is 4. The van der Waals surface area contributed by atoms with Gasteiger partial charge in [0.15, 0.2) is 11.5 Å². The summed E-state index contributed by atoms with van der Waals surface area (Å²) in [5, 5.41) is 8.29. The van der Waals surface area contributed by atoms with E-state index in [1.807, 2.05) is 0 Å². The topological polar surface area (TPSA) is 101 Å². The molecule has 0 fully saturated rings. The molecule has 2 heterocycles. The zero-order valence-corrected chi connectivity index (χ0v) is 17.5. The van der Waals surface area contributed by atoms with Gasteiger partial charge in [0.25, 0.3) is 5.91 Å². The zero-order valence-electron chi connectivity index (χ0n) is 17.5. The average molecular weight is 475 g/mol. The van der Waals surface area contributed by atoms with Crippen molar-refractivity contribution in [3.63, 3.8) is 0 Å². The highest BCUT2D eigenvalue weighted by atomic mass is 19.4. The number of carbonyl (C=O) groups is 2. The van der Waals surface area contributed by atoms with Crippen LogP contribution in [0.5, 0.6) is 0 Å². The molecule has 34 heavy (non-hydrogen) atoms. The number of aromatic nitrogens is 3. The van der Waals surface area contributed by atoms with Gasteiger partial charge >= 0.3 is 12.1 Å². The molecule has 0 aliphatic rings. The number of methoxy groups -OCH3 is 1. The fourth-order valence-electron chi connectivity index (χ4n) is 3.23. The Hall–Kier alpha value is -4.35. The van der Waals surface area contributed by atoms with Crippen molar-refractivity contribution in [1.29, 1.82) is 0 Å². The molecular formula is C22H17F4N5O3. The molecule has 1 amide bonds. The first-order valence-electron chi connectivity index (χ1n) is 9.82. The molecule has 0 saturated heterocycles. The number of ether oxygens (including phenoxy) is 1. The van der Waals surface area contributed by atoms with Gasteiger partial charge in [0, 0.05) is 17.4 Å². The molecular weight excluding hydrogens is 458 g/mol. The Kier molecular flexibility index (Phi) is 5.97. The van der Waals surface area contributed by atoms with Crippen molar-refractivity contribution in [3.8, 4) is 11.3 Å². The molecule has 0 atom stereocenters. The third-order valence-electron chi connectivity index (χ3n) is 4.92. The Bertz CT molecular complexity index is 1340. The summed E-state index contributed by atoms with van der Waals surface area (Å²) in [7, 11) is 1.21. The molecule has 2 aromatic heterocycles. The van der Waals surface area contributed by atoms with E-state index in [2.05, 4.69) is 25.5 Å². The van der Waals surface area contributed by atoms with Gasteiger partial charge in [-0.15, -0.1) is 0 Å². The zero-order chi connectivity index (χ0) is 24.5. The number of alkyl halides is 3. The lowest BCUT2D eigenvalue weighted by molar-refractivity contribution is -0.139. The van der Waals surface area contributed by atoms with E-state index in [1.54, 1.807) is 0 Å². The summed E-state index contributed by atoms with van der Waals surface area (Å²) in [4.78, 5) is 28.9. The van der Waals surface area contributed by atoms with Crippen molar-refractivity contribution in [2.75, 3.05) is 24.3 Å². The average Bonchev–Trinajstić information content (AvgIpc) is 3.38. The Balaban J connectivity index is 1.73. The van der Waals surface area contributed by atoms with Crippen LogP contribution in [0.15, 0.2) is 54.7 Å². The molecule has 8 nitrogen and oxygen atoms in total. The van der Waals surface area contributed by atoms with Gasteiger partial charge in [-0.25, -0.2) is 13.9 Å². The number of carbonyl (C=O) groups excluding carboxylic acids is 2. The van der Waals surface area contributed by atoms with Crippen LogP contribution < -0.4 is 10.6 Å². The van der Waals surface area contributed by atoms with E-state index in [4.69, 9.17) is 0 Å². The van der Waals surface area contributed by atoms with Gasteiger partial charge in [0.05, 0.1) is 12.7 Å². The van der Waals surface area contributed by atoms with E-state index in [0.29, 0.717) is 11.3 Å². The van der Waals surface area contributed by atoms with Gasteiger partial charge < -0.3 is 15.4 Å². The Morgan fingerprint density at radius 2 is 1.76 bits per heavy atom. The number of fused-ring (bicyclic) bond motifs is 1. The lowest BCUT2D eigenvalue weighted by Gasteiger charge is -2.09. The van der Waals surface area contributed by atoms with E-state index >= 15 is 0 Å². The van der Waals surface area contributed by atoms with Crippen LogP contribution in [0.25, 0.3) is 16.9 Å². The molecule has 4 aromatic rings. The summed E-state index contributed by atoms with van der Waals surface area (Å²) < 4.78 is 58.0. The maximum Gasteiger partial charge on any atom is 0.416 e. The quantitative estimate of drug-likeness (QED) is 0.285. The van der Waals surface area contributed by atoms with Gasteiger partial charge in [-0.2, -0.15) is 13.2 Å². The van der Waals surface area contributed by atoms with Crippen molar-refractivity contribution in [2.45, 2.75) is 6.18 Å². The standard InChI is InChI=1S/C22H17F4N5O3/c1-34-17(32)11-27-20-18(12-2-4-13(5-3-12)22(24,25)26)30-19-16(10-28-31(19)20)21(33)29-15-8-6-14(23)7-9-15/h2-10,27-28H,11H2,1H3,(H,29,33). The van der Waals surface area contributed by atoms with Crippen molar-refractivity contribution in [1.82, 2.24) is 14.6 Å². The van der Waals surface area contributed by atoms with Crippen LogP contribution in [0.3, 0.4) is 0 Å². The highest BCUT2D eigenvalue weighted by molar-refractivity contribution is 6.08. The number of amides is 1. The minimum absolute atomic E-state index is 0.114. The monoisotopic (exact) mass is 475 g/mol. The lowest BCUT2D eigenvalue weighted by atomic mass is 10.1. The lowest BCUT2D eigenvalue weighted by Crippen LogP contribution is -2.16. The molecule has 176 valence electrons. The van der Waals surface area contributed by atoms with E-state index < -0.39 is 29.4 Å². The van der Waals surface area contributed by atoms with Crippen LogP contribution in [0.2, 0.25) is 0 Å². The Morgan fingerprint density at radius 3 is 2.38 bits per heavy atom. The van der Waals surface area contributed by atoms with Crippen molar-refractivity contribution in [3.05, 3.63) is 71.7 Å². The van der Waals surface area contributed by atoms with Crippen LogP contribution in [-0.4, -0.2) is 40.1 Å². The maximum absolute atomic E-state index is 13.1. The SMILES string of the molecule is COC(=O)CNc1c(-c2ccc(C(F)(F)F)cc2)nc2c(C(=O)Nc3ccc(F)cc3)c[nH]n12. The molecule has 0 saturated carbocycles. The number of nitrogens with one attached hydrogen (secondary N) is 3. The molecule has 0 aliphatic heterocycles. The first-order valence-corrected chi connectivity index (χ1v) is 9.82. The second-order valence-electron chi connectivity index (χ2n) is 7.12. The fraction of sp³-hybridized carbons (Fsp3) is 0.136. The van der Waals surface area contributed by atoms with Gasteiger partial charge in [0.2, 0.25) is 0 Å². The van der Waals surface area contributed by atoms with Crippen molar-refractivity contribution in [2.24, 2.45) is 0 Å². The molecule has 3 N–H and O–H groups in total. The second kappa shape index (κ2) is 8.89. The van der Waals surface area contributed by atoms with Crippen molar-refractivity contribution >= 4 is 29.0 Å². The number of aromatic amines is 1. The summed E-state index contributed by atoms with van der Waals surface area (Å²) >= 11 is 0. The maximum atomic E-state index is 13.1. The van der Waals surface area contributed by atoms with Gasteiger partial charge in [0.1, 0.15) is 23.6 Å². The molecule has 2 aromatic carbocycles. The largest absolute Gasteiger partial charge is 0.468 e. The Morgan fingerprint density at radius 1 is 1.09 bits per heavy atom. The molecule has 0 radical (unpaired) electrons. The molecule has 12 heteroatoms. The van der Waals surface area contributed by atoms with E-state index in [9.17, 15) is 27.2 Å². The third-order valence-corrected chi connectivity index (χ3v) is 4.92. The molecule has 0 unspecified atom stereocenters. The Labute approximate surface area is 189 Å². The summed E-state index contributed by atoms with van der Waals surface area (Å²) in [5.41, 5.74) is 0.321. The van der Waals surface area contributed by atoms with E-state index in [1.165, 1.54) is 54.2 Å². The first kappa shape index (κ1) is 22.8. The highest BCUT2D eigenvalue weighted by Gasteiger charge is 2.30. The number of nitrogens with zero attached hydrogens (tertiary/aromatic N) is 2. The van der Waals surface area contributed by atoms with Crippen molar-refractivity contribution < 1.29 is 31.9 Å². The number of esters is 1. The molecule has 4 rings (SSSR count). The molecule has 0 spiro atoms. The number of hydrogen-bond donors (Lipinski definition) is 3. The van der Waals surface area contributed by atoms with Crippen LogP contribution in [0.4, 0.5) is 29.1 Å². The van der Waals surface area contributed by atoms with Crippen LogP contribution in [0.1, 0.15) is 15.9 Å². The van der Waals surface area contributed by atoms with Crippen LogP contribution in [-0.2, 0) is 15.7 Å². The highest BCUT2D eigenvalue weighted by Crippen LogP contribution is 2.34. The predicted octanol–water partition coefficient (Wildman–Crippen LogP) is 4.32. The number of anilines is 2. The summed E-state index contributed by atoms with van der Waals surface area (Å²) in [6.45, 7) is -0.256. The van der Waals surface area contributed by atoms with Crippen LogP contribution >= 0.6 is 0 Å². The normalized spacial score (nSPS) is 11.4. The van der Waals surface area contributed by atoms with Gasteiger partial charge in [-0.05, 0) is 36.4 Å². The number of rotatable bonds is 6. The minimum Gasteiger partial charge on any atom is -0.468 e. The van der Waals surface area contributed by atoms with E-state index in [-0.39, 0.29) is 29.3 Å². The molecule has 0 bridgehead atoms. The summed E-state index contributed by atoms with van der Waals surface area (Å²) in [6, 6.07) is 9.47. The smallest absolute Gasteiger partial charge is 0.416 e. The fourth-order valence-corrected chi connectivity index (χ4v) is 3.23. The van der Waals surface area contributed by atoms with Crippen LogP contribution in [0, 0.1) is 5.82 Å². The second-order valence-corrected chi connectivity index (χ2v) is 7.12.